The Bertz CT molecular complexity index is 1810. The summed E-state index contributed by atoms with van der Waals surface area (Å²) >= 11 is 13.0. The highest BCUT2D eigenvalue weighted by Gasteiger charge is 2.36. The number of carbonyl (C=O) groups excluding carboxylic acids is 2. The molecule has 0 bridgehead atoms. The Morgan fingerprint density at radius 1 is 0.792 bits per heavy atom. The molecular weight excluding hydrogens is 665 g/mol. The van der Waals surface area contributed by atoms with Crippen molar-refractivity contribution in [3.63, 3.8) is 0 Å². The number of nitrogens with zero attached hydrogens (tertiary/aromatic N) is 2. The number of amides is 2. The zero-order valence-electron chi connectivity index (χ0n) is 27.2. The molecule has 4 aromatic rings. The Morgan fingerprint density at radius 3 is 2.06 bits per heavy atom. The molecule has 2 amide bonds. The minimum Gasteiger partial charge on any atom is -0.352 e. The molecule has 7 nitrogen and oxygen atoms in total. The maximum Gasteiger partial charge on any atom is 0.264 e. The first kappa shape index (κ1) is 35.5. The van der Waals surface area contributed by atoms with Crippen LogP contribution in [-0.4, -0.2) is 43.8 Å². The average molecular weight is 707 g/mol. The number of hydrogen-bond donors (Lipinski definition) is 1. The van der Waals surface area contributed by atoms with Crippen molar-refractivity contribution in [2.45, 2.75) is 75.9 Å². The van der Waals surface area contributed by atoms with E-state index in [9.17, 15) is 18.0 Å². The maximum absolute atomic E-state index is 14.7. The van der Waals surface area contributed by atoms with Crippen molar-refractivity contribution in [2.24, 2.45) is 0 Å². The van der Waals surface area contributed by atoms with Crippen molar-refractivity contribution in [3.8, 4) is 0 Å². The van der Waals surface area contributed by atoms with E-state index >= 15 is 0 Å². The third kappa shape index (κ3) is 8.78. The topological polar surface area (TPSA) is 86.8 Å². The Kier molecular flexibility index (Phi) is 11.8. The predicted molar refractivity (Wildman–Crippen MR) is 193 cm³/mol. The van der Waals surface area contributed by atoms with Gasteiger partial charge in [-0.1, -0.05) is 126 Å². The molecule has 252 valence electrons. The van der Waals surface area contributed by atoms with Crippen LogP contribution in [0.25, 0.3) is 0 Å². The number of anilines is 1. The van der Waals surface area contributed by atoms with Gasteiger partial charge in [0, 0.05) is 19.0 Å². The van der Waals surface area contributed by atoms with E-state index in [-0.39, 0.29) is 45.5 Å². The summed E-state index contributed by atoms with van der Waals surface area (Å²) < 4.78 is 29.6. The molecular formula is C38H41Cl2N3O4S. The molecule has 0 heterocycles. The highest BCUT2D eigenvalue weighted by atomic mass is 35.5. The molecule has 0 aromatic heterocycles. The maximum atomic E-state index is 14.7. The van der Waals surface area contributed by atoms with E-state index < -0.39 is 28.5 Å². The van der Waals surface area contributed by atoms with E-state index in [2.05, 4.69) is 5.32 Å². The number of halogens is 2. The quantitative estimate of drug-likeness (QED) is 0.162. The number of sulfonamides is 1. The van der Waals surface area contributed by atoms with E-state index in [1.165, 1.54) is 23.1 Å². The second kappa shape index (κ2) is 16.0. The van der Waals surface area contributed by atoms with Crippen LogP contribution in [-0.2, 0) is 32.6 Å². The SMILES string of the molecule is Cc1ccc(CN(C(=O)CN(c2cccc(Cl)c2Cl)S(=O)(=O)c2ccc(C)cc2)C(Cc2ccccc2)C(=O)NC2CCCCC2)cc1. The fraction of sp³-hybridized carbons (Fsp3) is 0.316. The normalized spacial score (nSPS) is 14.2. The smallest absolute Gasteiger partial charge is 0.264 e. The zero-order valence-corrected chi connectivity index (χ0v) is 29.6. The summed E-state index contributed by atoms with van der Waals surface area (Å²) in [5.74, 6) is -0.818. The highest BCUT2D eigenvalue weighted by molar-refractivity contribution is 7.92. The first-order chi connectivity index (χ1) is 23.0. The number of nitrogens with one attached hydrogen (secondary N) is 1. The zero-order chi connectivity index (χ0) is 34.3. The van der Waals surface area contributed by atoms with E-state index in [1.807, 2.05) is 68.4 Å². The lowest BCUT2D eigenvalue weighted by molar-refractivity contribution is -0.140. The molecule has 1 saturated carbocycles. The molecule has 5 rings (SSSR count). The largest absolute Gasteiger partial charge is 0.352 e. The van der Waals surface area contributed by atoms with Crippen LogP contribution in [0, 0.1) is 13.8 Å². The second-order valence-corrected chi connectivity index (χ2v) is 15.1. The van der Waals surface area contributed by atoms with Crippen molar-refractivity contribution < 1.29 is 18.0 Å². The predicted octanol–water partition coefficient (Wildman–Crippen LogP) is 7.89. The van der Waals surface area contributed by atoms with Gasteiger partial charge in [0.2, 0.25) is 11.8 Å². The molecule has 1 aliphatic rings. The third-order valence-electron chi connectivity index (χ3n) is 8.78. The van der Waals surface area contributed by atoms with E-state index in [0.717, 1.165) is 58.7 Å². The summed E-state index contributed by atoms with van der Waals surface area (Å²) in [6, 6.07) is 27.5. The van der Waals surface area contributed by atoms with Crippen molar-refractivity contribution in [1.82, 2.24) is 10.2 Å². The monoisotopic (exact) mass is 705 g/mol. The van der Waals surface area contributed by atoms with E-state index in [4.69, 9.17) is 23.2 Å². The third-order valence-corrected chi connectivity index (χ3v) is 11.4. The first-order valence-electron chi connectivity index (χ1n) is 16.3. The Labute approximate surface area is 293 Å². The molecule has 1 fully saturated rings. The molecule has 10 heteroatoms. The number of aryl methyl sites for hydroxylation is 2. The lowest BCUT2D eigenvalue weighted by Crippen LogP contribution is -2.55. The van der Waals surface area contributed by atoms with Crippen LogP contribution in [0.1, 0.15) is 54.4 Å². The van der Waals surface area contributed by atoms with Crippen LogP contribution >= 0.6 is 23.2 Å². The van der Waals surface area contributed by atoms with Crippen molar-refractivity contribution >= 4 is 50.7 Å². The van der Waals surface area contributed by atoms with Gasteiger partial charge in [0.05, 0.1) is 20.6 Å². The van der Waals surface area contributed by atoms with Gasteiger partial charge in [-0.3, -0.25) is 13.9 Å². The minimum atomic E-state index is -4.30. The van der Waals surface area contributed by atoms with Crippen LogP contribution in [0.4, 0.5) is 5.69 Å². The molecule has 48 heavy (non-hydrogen) atoms. The van der Waals surface area contributed by atoms with Crippen molar-refractivity contribution in [1.29, 1.82) is 0 Å². The second-order valence-electron chi connectivity index (χ2n) is 12.5. The first-order valence-corrected chi connectivity index (χ1v) is 18.5. The van der Waals surface area contributed by atoms with Crippen LogP contribution < -0.4 is 9.62 Å². The van der Waals surface area contributed by atoms with Gasteiger partial charge in [-0.15, -0.1) is 0 Å². The lowest BCUT2D eigenvalue weighted by atomic mass is 9.94. The van der Waals surface area contributed by atoms with Gasteiger partial charge in [-0.25, -0.2) is 8.42 Å². The number of rotatable bonds is 12. The average Bonchev–Trinajstić information content (AvgIpc) is 3.08. The Hall–Kier alpha value is -3.85. The summed E-state index contributed by atoms with van der Waals surface area (Å²) in [5, 5.41) is 3.38. The lowest BCUT2D eigenvalue weighted by Gasteiger charge is -2.35. The van der Waals surface area contributed by atoms with Crippen LogP contribution in [0.3, 0.4) is 0 Å². The standard InChI is InChI=1S/C38H41Cl2N3O4S/c1-27-16-20-30(21-17-27)25-42(35(24-29-10-5-3-6-11-29)38(45)41-31-12-7-4-8-13-31)36(44)26-43(34-15-9-14-33(39)37(34)40)48(46,47)32-22-18-28(2)19-23-32/h3,5-6,9-11,14-23,31,35H,4,7-8,12-13,24-26H2,1-2H3,(H,41,45). The fourth-order valence-corrected chi connectivity index (χ4v) is 7.90. The molecule has 0 radical (unpaired) electrons. The summed E-state index contributed by atoms with van der Waals surface area (Å²) in [4.78, 5) is 30.5. The molecule has 1 unspecified atom stereocenters. The van der Waals surface area contributed by atoms with Crippen molar-refractivity contribution in [3.05, 3.63) is 129 Å². The van der Waals surface area contributed by atoms with Gasteiger partial charge in [0.25, 0.3) is 10.0 Å². The molecule has 1 N–H and O–H groups in total. The molecule has 0 aliphatic heterocycles. The Morgan fingerprint density at radius 2 is 1.42 bits per heavy atom. The minimum absolute atomic E-state index is 0.00194. The Balaban J connectivity index is 1.58. The van der Waals surface area contributed by atoms with Gasteiger partial charge in [-0.2, -0.15) is 0 Å². The van der Waals surface area contributed by atoms with Gasteiger partial charge >= 0.3 is 0 Å². The summed E-state index contributed by atoms with van der Waals surface area (Å²) in [5.41, 5.74) is 3.70. The van der Waals surface area contributed by atoms with Gasteiger partial charge in [-0.05, 0) is 62.1 Å². The van der Waals surface area contributed by atoms with Crippen LogP contribution in [0.2, 0.25) is 10.0 Å². The number of hydrogen-bond acceptors (Lipinski definition) is 4. The molecule has 1 aliphatic carbocycles. The molecule has 1 atom stereocenters. The summed E-state index contributed by atoms with van der Waals surface area (Å²) in [6.07, 6.45) is 5.21. The number of carbonyl (C=O) groups is 2. The molecule has 0 saturated heterocycles. The van der Waals surface area contributed by atoms with Crippen LogP contribution in [0.15, 0.2) is 102 Å². The molecule has 0 spiro atoms. The van der Waals surface area contributed by atoms with E-state index in [0.29, 0.717) is 0 Å². The highest BCUT2D eigenvalue weighted by Crippen LogP contribution is 2.36. The van der Waals surface area contributed by atoms with Gasteiger partial charge in [0.1, 0.15) is 12.6 Å². The summed E-state index contributed by atoms with van der Waals surface area (Å²) in [7, 11) is -4.30. The van der Waals surface area contributed by atoms with E-state index in [1.54, 1.807) is 24.3 Å². The van der Waals surface area contributed by atoms with Crippen LogP contribution in [0.5, 0.6) is 0 Å². The fourth-order valence-electron chi connectivity index (χ4n) is 6.02. The number of benzene rings is 4. The molecule has 4 aromatic carbocycles. The summed E-state index contributed by atoms with van der Waals surface area (Å²) in [6.45, 7) is 3.32. The van der Waals surface area contributed by atoms with Gasteiger partial charge < -0.3 is 10.2 Å². The van der Waals surface area contributed by atoms with Gasteiger partial charge in [0.15, 0.2) is 0 Å². The van der Waals surface area contributed by atoms with Crippen molar-refractivity contribution in [2.75, 3.05) is 10.8 Å².